The van der Waals surface area contributed by atoms with Gasteiger partial charge in [-0.05, 0) is 66.1 Å². The molecule has 0 radical (unpaired) electrons. The van der Waals surface area contributed by atoms with Crippen molar-refractivity contribution in [2.75, 3.05) is 13.2 Å². The lowest BCUT2D eigenvalue weighted by atomic mass is 10.1. The molecule has 0 bridgehead atoms. The molecule has 1 amide bonds. The molecular formula is C26H26N2O4. The van der Waals surface area contributed by atoms with Crippen molar-refractivity contribution in [1.29, 1.82) is 0 Å². The molecule has 0 saturated heterocycles. The molecule has 0 spiro atoms. The third kappa shape index (κ3) is 6.74. The number of nitrogens with two attached hydrogens (primary N) is 1. The number of aromatic nitrogens is 1. The molecule has 0 atom stereocenters. The van der Waals surface area contributed by atoms with Crippen LogP contribution in [0.4, 0.5) is 0 Å². The van der Waals surface area contributed by atoms with Crippen LogP contribution in [0.5, 0.6) is 11.5 Å². The Morgan fingerprint density at radius 3 is 2.34 bits per heavy atom. The molecule has 0 fully saturated rings. The van der Waals surface area contributed by atoms with Crippen molar-refractivity contribution < 1.29 is 19.0 Å². The van der Waals surface area contributed by atoms with E-state index in [0.29, 0.717) is 19.0 Å². The number of hydrogen-bond donors (Lipinski definition) is 1. The summed E-state index contributed by atoms with van der Waals surface area (Å²) < 4.78 is 17.0. The van der Waals surface area contributed by atoms with Gasteiger partial charge in [0.15, 0.2) is 6.61 Å². The lowest BCUT2D eigenvalue weighted by Crippen LogP contribution is -2.17. The molecule has 1 aliphatic carbocycles. The number of allylic oxidation sites excluding steroid dienone is 4. The predicted molar refractivity (Wildman–Crippen MR) is 126 cm³/mol. The van der Waals surface area contributed by atoms with Crippen molar-refractivity contribution in [2.24, 2.45) is 5.73 Å². The molecule has 2 aromatic rings. The first kappa shape index (κ1) is 22.6. The number of nitrogens with zero attached hydrogens (tertiary/aromatic N) is 1. The van der Waals surface area contributed by atoms with Crippen molar-refractivity contribution in [3.05, 3.63) is 102 Å². The maximum atomic E-state index is 10.8. The molecular weight excluding hydrogens is 404 g/mol. The smallest absolute Gasteiger partial charge is 0.255 e. The maximum Gasteiger partial charge on any atom is 0.255 e. The Balaban J connectivity index is 1.51. The van der Waals surface area contributed by atoms with Gasteiger partial charge in [-0.1, -0.05) is 37.5 Å². The Morgan fingerprint density at radius 2 is 1.69 bits per heavy atom. The highest BCUT2D eigenvalue weighted by molar-refractivity contribution is 5.75. The largest absolute Gasteiger partial charge is 0.489 e. The van der Waals surface area contributed by atoms with Crippen LogP contribution in [-0.2, 0) is 16.1 Å². The zero-order chi connectivity index (χ0) is 22.8. The monoisotopic (exact) mass is 430 g/mol. The Hall–Kier alpha value is -4.06. The minimum atomic E-state index is -0.508. The van der Waals surface area contributed by atoms with Gasteiger partial charge in [0.2, 0.25) is 0 Å². The van der Waals surface area contributed by atoms with Gasteiger partial charge in [-0.3, -0.25) is 4.79 Å². The van der Waals surface area contributed by atoms with Crippen LogP contribution >= 0.6 is 0 Å². The van der Waals surface area contributed by atoms with Crippen molar-refractivity contribution in [2.45, 2.75) is 13.0 Å². The Morgan fingerprint density at radius 1 is 0.969 bits per heavy atom. The second-order valence-corrected chi connectivity index (χ2v) is 6.99. The van der Waals surface area contributed by atoms with Crippen LogP contribution in [0.15, 0.2) is 85.2 Å². The number of hydrogen-bond acceptors (Lipinski definition) is 5. The second-order valence-electron chi connectivity index (χ2n) is 6.99. The quantitative estimate of drug-likeness (QED) is 0.563. The fourth-order valence-electron chi connectivity index (χ4n) is 2.92. The number of ether oxygens (including phenoxy) is 3. The standard InChI is InChI=1S/C26H26N2O4/c1-3-20-9-10-21(28-25(20)4-2)17-31-24-14-12-23(13-15-24)30-16-19-6-5-7-22(11-8-19)32-18-26(27)29/h3-5,7-15H,1-2,6,16-18H2,(H2,27,29). The zero-order valence-corrected chi connectivity index (χ0v) is 17.8. The molecule has 6 nitrogen and oxygen atoms in total. The molecule has 0 unspecified atom stereocenters. The summed E-state index contributed by atoms with van der Waals surface area (Å²) in [7, 11) is 0. The van der Waals surface area contributed by atoms with E-state index in [2.05, 4.69) is 18.1 Å². The van der Waals surface area contributed by atoms with Crippen LogP contribution in [0.1, 0.15) is 23.4 Å². The number of amides is 1. The lowest BCUT2D eigenvalue weighted by molar-refractivity contribution is -0.121. The number of carbonyl (C=O) groups is 1. The second kappa shape index (κ2) is 11.4. The average Bonchev–Trinajstić information content (AvgIpc) is 3.05. The van der Waals surface area contributed by atoms with Crippen molar-refractivity contribution in [1.82, 2.24) is 4.98 Å². The first-order chi connectivity index (χ1) is 15.6. The molecule has 32 heavy (non-hydrogen) atoms. The molecule has 0 saturated carbocycles. The van der Waals surface area contributed by atoms with Crippen LogP contribution in [0, 0.1) is 0 Å². The van der Waals surface area contributed by atoms with Crippen LogP contribution < -0.4 is 15.2 Å². The van der Waals surface area contributed by atoms with Gasteiger partial charge in [0.05, 0.1) is 11.4 Å². The fourth-order valence-corrected chi connectivity index (χ4v) is 2.92. The summed E-state index contributed by atoms with van der Waals surface area (Å²) in [5.41, 5.74) is 8.71. The van der Waals surface area contributed by atoms with Gasteiger partial charge in [0.25, 0.3) is 5.91 Å². The van der Waals surface area contributed by atoms with Gasteiger partial charge in [0.1, 0.15) is 30.5 Å². The molecule has 3 rings (SSSR count). The number of benzene rings is 1. The van der Waals surface area contributed by atoms with Crippen molar-refractivity contribution in [3.63, 3.8) is 0 Å². The normalized spacial score (nSPS) is 12.8. The van der Waals surface area contributed by atoms with Crippen LogP contribution in [0.25, 0.3) is 12.2 Å². The van der Waals surface area contributed by atoms with Gasteiger partial charge in [-0.25, -0.2) is 4.98 Å². The predicted octanol–water partition coefficient (Wildman–Crippen LogP) is 4.60. The minimum Gasteiger partial charge on any atom is -0.489 e. The maximum absolute atomic E-state index is 10.8. The van der Waals surface area contributed by atoms with E-state index in [9.17, 15) is 4.79 Å². The summed E-state index contributed by atoms with van der Waals surface area (Å²) in [6, 6.07) is 11.3. The molecule has 1 heterocycles. The van der Waals surface area contributed by atoms with Gasteiger partial charge in [-0.2, -0.15) is 0 Å². The van der Waals surface area contributed by atoms with E-state index in [-0.39, 0.29) is 6.61 Å². The van der Waals surface area contributed by atoms with Gasteiger partial charge in [0, 0.05) is 0 Å². The van der Waals surface area contributed by atoms with E-state index in [4.69, 9.17) is 19.9 Å². The fraction of sp³-hybridized carbons (Fsp3) is 0.154. The minimum absolute atomic E-state index is 0.143. The van der Waals surface area contributed by atoms with Gasteiger partial charge < -0.3 is 19.9 Å². The van der Waals surface area contributed by atoms with Gasteiger partial charge in [-0.15, -0.1) is 0 Å². The summed E-state index contributed by atoms with van der Waals surface area (Å²) >= 11 is 0. The van der Waals surface area contributed by atoms with Crippen LogP contribution in [0.3, 0.4) is 0 Å². The Kier molecular flexibility index (Phi) is 8.03. The van der Waals surface area contributed by atoms with Crippen molar-refractivity contribution in [3.8, 4) is 11.5 Å². The first-order valence-corrected chi connectivity index (χ1v) is 10.1. The average molecular weight is 431 g/mol. The number of pyridine rings is 1. The summed E-state index contributed by atoms with van der Waals surface area (Å²) in [6.45, 7) is 8.21. The van der Waals surface area contributed by atoms with E-state index in [1.807, 2.05) is 54.6 Å². The van der Waals surface area contributed by atoms with E-state index in [0.717, 1.165) is 40.4 Å². The molecule has 1 aromatic heterocycles. The topological polar surface area (TPSA) is 83.7 Å². The summed E-state index contributed by atoms with van der Waals surface area (Å²) in [4.78, 5) is 15.4. The summed E-state index contributed by atoms with van der Waals surface area (Å²) in [5, 5.41) is 0. The van der Waals surface area contributed by atoms with E-state index < -0.39 is 5.91 Å². The molecule has 0 aliphatic heterocycles. The lowest BCUT2D eigenvalue weighted by Gasteiger charge is -2.10. The van der Waals surface area contributed by atoms with E-state index in [1.165, 1.54) is 0 Å². The highest BCUT2D eigenvalue weighted by Gasteiger charge is 2.05. The summed E-state index contributed by atoms with van der Waals surface area (Å²) in [5.74, 6) is 1.55. The van der Waals surface area contributed by atoms with Crippen LogP contribution in [-0.4, -0.2) is 24.1 Å². The molecule has 164 valence electrons. The highest BCUT2D eigenvalue weighted by Crippen LogP contribution is 2.21. The SMILES string of the molecule is C=Cc1ccc(COc2ccc(OCC3=CC=C(OCC(N)=O)C=CC3)cc2)nc1C=C. The zero-order valence-electron chi connectivity index (χ0n) is 17.8. The molecule has 2 N–H and O–H groups in total. The summed E-state index contributed by atoms with van der Waals surface area (Å²) in [6.07, 6.45) is 11.7. The highest BCUT2D eigenvalue weighted by atomic mass is 16.5. The number of carbonyl (C=O) groups excluding carboxylic acids is 1. The first-order valence-electron chi connectivity index (χ1n) is 10.1. The molecule has 1 aromatic carbocycles. The van der Waals surface area contributed by atoms with Crippen LogP contribution in [0.2, 0.25) is 0 Å². The molecule has 1 aliphatic rings. The Labute approximate surface area is 188 Å². The third-order valence-corrected chi connectivity index (χ3v) is 4.59. The van der Waals surface area contributed by atoms with Crippen molar-refractivity contribution >= 4 is 18.1 Å². The third-order valence-electron chi connectivity index (χ3n) is 4.59. The van der Waals surface area contributed by atoms with E-state index >= 15 is 0 Å². The Bertz CT molecular complexity index is 1070. The molecule has 6 heteroatoms. The number of primary amides is 1. The van der Waals surface area contributed by atoms with E-state index in [1.54, 1.807) is 18.2 Å². The number of rotatable bonds is 11. The van der Waals surface area contributed by atoms with Gasteiger partial charge >= 0.3 is 0 Å².